The Bertz CT molecular complexity index is 1560. The van der Waals surface area contributed by atoms with Gasteiger partial charge in [-0.05, 0) is 54.7 Å². The van der Waals surface area contributed by atoms with Crippen molar-refractivity contribution in [2.24, 2.45) is 4.99 Å². The van der Waals surface area contributed by atoms with E-state index in [-0.39, 0.29) is 46.3 Å². The number of likely N-dealkylation sites (tertiary alicyclic amines) is 1. The Morgan fingerprint density at radius 3 is 2.68 bits per heavy atom. The Balaban J connectivity index is 1.32. The van der Waals surface area contributed by atoms with Gasteiger partial charge in [-0.1, -0.05) is 23.2 Å². The van der Waals surface area contributed by atoms with Gasteiger partial charge in [-0.3, -0.25) is 14.9 Å². The number of carbonyl (C=O) groups excluding carboxylic acids is 2. The average Bonchev–Trinajstić information content (AvgIpc) is 3.64. The fourth-order valence-electron chi connectivity index (χ4n) is 4.96. The number of aliphatic imine (C=N–C) groups is 1. The number of halogens is 2. The molecule has 5 rings (SSSR count). The van der Waals surface area contributed by atoms with Crippen molar-refractivity contribution in [2.75, 3.05) is 26.2 Å². The summed E-state index contributed by atoms with van der Waals surface area (Å²) in [5.74, 6) is -1.97. The molecule has 1 fully saturated rings. The maximum Gasteiger partial charge on any atom is 0.328 e. The molecule has 0 bridgehead atoms. The van der Waals surface area contributed by atoms with E-state index in [1.807, 2.05) is 11.1 Å². The number of nitrogens with zero attached hydrogens (tertiary/aromatic N) is 5. The predicted molar refractivity (Wildman–Crippen MR) is 150 cm³/mol. The molecular weight excluding hydrogens is 573 g/mol. The molecule has 12 nitrogen and oxygen atoms in total. The van der Waals surface area contributed by atoms with Crippen LogP contribution in [0.2, 0.25) is 10.0 Å². The number of fused-ring (bicyclic) bond motifs is 2. The molecule has 41 heavy (non-hydrogen) atoms. The predicted octanol–water partition coefficient (Wildman–Crippen LogP) is 3.04. The van der Waals surface area contributed by atoms with E-state index in [4.69, 9.17) is 32.9 Å². The second-order valence-electron chi connectivity index (χ2n) is 9.63. The molecule has 1 atom stereocenters. The first-order valence-electron chi connectivity index (χ1n) is 12.9. The number of amides is 2. The molecule has 0 unspecified atom stereocenters. The van der Waals surface area contributed by atoms with Crippen LogP contribution in [0.15, 0.2) is 39.9 Å². The summed E-state index contributed by atoms with van der Waals surface area (Å²) in [5.41, 5.74) is 1.63. The van der Waals surface area contributed by atoms with Gasteiger partial charge in [-0.15, -0.1) is 0 Å². The molecule has 0 aliphatic carbocycles. The first-order chi connectivity index (χ1) is 19.8. The smallest absolute Gasteiger partial charge is 0.328 e. The average molecular weight is 598 g/mol. The fraction of sp³-hybridized carbons (Fsp3) is 0.333. The zero-order chi connectivity index (χ0) is 29.1. The second kappa shape index (κ2) is 12.0. The zero-order valence-electron chi connectivity index (χ0n) is 21.7. The minimum Gasteiger partial charge on any atom is -0.480 e. The number of benzene rings is 1. The third-order valence-corrected chi connectivity index (χ3v) is 7.74. The lowest BCUT2D eigenvalue weighted by Gasteiger charge is -2.29. The van der Waals surface area contributed by atoms with E-state index < -0.39 is 17.9 Å². The van der Waals surface area contributed by atoms with Gasteiger partial charge in [0, 0.05) is 37.8 Å². The maximum atomic E-state index is 13.2. The first kappa shape index (κ1) is 28.2. The van der Waals surface area contributed by atoms with Crippen LogP contribution in [-0.2, 0) is 17.8 Å². The highest BCUT2D eigenvalue weighted by atomic mass is 35.5. The molecule has 14 heteroatoms. The third-order valence-electron chi connectivity index (χ3n) is 7.02. The number of carboxylic acid groups (broad SMARTS) is 1. The topological polar surface area (TPSA) is 164 Å². The molecule has 3 aromatic rings. The lowest BCUT2D eigenvalue weighted by atomic mass is 9.96. The largest absolute Gasteiger partial charge is 0.480 e. The number of aromatic nitrogens is 1. The van der Waals surface area contributed by atoms with Gasteiger partial charge in [0.1, 0.15) is 6.04 Å². The summed E-state index contributed by atoms with van der Waals surface area (Å²) in [6.07, 6.45) is 5.61. The van der Waals surface area contributed by atoms with Crippen molar-refractivity contribution in [2.45, 2.75) is 31.8 Å². The summed E-state index contributed by atoms with van der Waals surface area (Å²) in [6, 6.07) is 5.37. The molecule has 4 heterocycles. The van der Waals surface area contributed by atoms with Crippen molar-refractivity contribution in [3.63, 3.8) is 0 Å². The van der Waals surface area contributed by atoms with Crippen LogP contribution >= 0.6 is 23.2 Å². The van der Waals surface area contributed by atoms with Gasteiger partial charge in [0.2, 0.25) is 11.7 Å². The van der Waals surface area contributed by atoms with E-state index in [0.717, 1.165) is 12.8 Å². The minimum atomic E-state index is -1.39. The van der Waals surface area contributed by atoms with Crippen LogP contribution in [0.4, 0.5) is 0 Å². The maximum absolute atomic E-state index is 13.2. The van der Waals surface area contributed by atoms with Crippen LogP contribution < -0.4 is 10.6 Å². The normalized spacial score (nSPS) is 15.8. The van der Waals surface area contributed by atoms with Crippen molar-refractivity contribution in [3.8, 4) is 6.19 Å². The van der Waals surface area contributed by atoms with Crippen LogP contribution in [0.1, 0.15) is 44.9 Å². The molecule has 0 spiro atoms. The Hall–Kier alpha value is -4.34. The van der Waals surface area contributed by atoms with Gasteiger partial charge in [-0.2, -0.15) is 5.26 Å². The van der Waals surface area contributed by atoms with Gasteiger partial charge >= 0.3 is 5.97 Å². The summed E-state index contributed by atoms with van der Waals surface area (Å²) in [7, 11) is 0. The highest BCUT2D eigenvalue weighted by molar-refractivity contribution is 6.40. The SMILES string of the molecule is N#CNC(=NC[C@H](NC(=O)c1c(Cl)cc2c(c1Cl)CCN(C(=O)c1cc3cccnc3o1)C2)C(=O)O)N1CCCC1. The lowest BCUT2D eigenvalue weighted by molar-refractivity contribution is -0.138. The van der Waals surface area contributed by atoms with E-state index >= 15 is 0 Å². The van der Waals surface area contributed by atoms with Gasteiger partial charge in [0.25, 0.3) is 11.8 Å². The molecule has 212 valence electrons. The Labute approximate surface area is 244 Å². The first-order valence-corrected chi connectivity index (χ1v) is 13.6. The molecule has 1 aromatic carbocycles. The highest BCUT2D eigenvalue weighted by Gasteiger charge is 2.30. The van der Waals surface area contributed by atoms with Crippen LogP contribution in [-0.4, -0.2) is 75.9 Å². The summed E-state index contributed by atoms with van der Waals surface area (Å²) in [5, 5.41) is 24.5. The molecule has 2 aliphatic rings. The minimum absolute atomic E-state index is 0.0185. The van der Waals surface area contributed by atoms with E-state index in [9.17, 15) is 19.5 Å². The van der Waals surface area contributed by atoms with Crippen LogP contribution in [0.3, 0.4) is 0 Å². The number of hydrogen-bond donors (Lipinski definition) is 3. The van der Waals surface area contributed by atoms with Crippen LogP contribution in [0.25, 0.3) is 11.1 Å². The van der Waals surface area contributed by atoms with E-state index in [1.165, 1.54) is 0 Å². The van der Waals surface area contributed by atoms with Gasteiger partial charge in [-0.25, -0.2) is 14.8 Å². The third kappa shape index (κ3) is 5.91. The standard InChI is InChI=1S/C27H25Cl2N7O5/c28-18-10-16-13-36(25(38)20-11-15-4-3-6-31-24(15)41-20)9-5-17(16)22(29)21(18)23(37)34-19(26(39)40)12-32-27(33-14-30)35-7-1-2-8-35/h3-4,6,10-11,19H,1-2,5,7-9,12-13H2,(H,32,33)(H,34,37)(H,39,40)/t19-/m0/s1. The molecule has 2 aromatic heterocycles. The molecule has 0 radical (unpaired) electrons. The quantitative estimate of drug-likeness (QED) is 0.167. The van der Waals surface area contributed by atoms with Gasteiger partial charge in [0.15, 0.2) is 12.0 Å². The zero-order valence-corrected chi connectivity index (χ0v) is 23.2. The number of pyridine rings is 1. The Morgan fingerprint density at radius 1 is 1.20 bits per heavy atom. The number of hydrogen-bond acceptors (Lipinski definition) is 7. The number of nitrogens with one attached hydrogen (secondary N) is 2. The molecule has 2 amide bonds. The second-order valence-corrected chi connectivity index (χ2v) is 10.4. The number of carboxylic acids is 1. The summed E-state index contributed by atoms with van der Waals surface area (Å²) >= 11 is 13.1. The van der Waals surface area contributed by atoms with E-state index in [0.29, 0.717) is 48.3 Å². The van der Waals surface area contributed by atoms with Crippen molar-refractivity contribution >= 4 is 58.0 Å². The van der Waals surface area contributed by atoms with Crippen molar-refractivity contribution < 1.29 is 23.9 Å². The number of guanidine groups is 1. The Morgan fingerprint density at radius 2 is 1.98 bits per heavy atom. The number of aliphatic carboxylic acids is 1. The van der Waals surface area contributed by atoms with Crippen LogP contribution in [0.5, 0.6) is 0 Å². The highest BCUT2D eigenvalue weighted by Crippen LogP contribution is 2.35. The molecule has 2 aliphatic heterocycles. The fourth-order valence-corrected chi connectivity index (χ4v) is 5.72. The number of carbonyl (C=O) groups is 3. The molecule has 1 saturated heterocycles. The Kier molecular flexibility index (Phi) is 8.28. The van der Waals surface area contributed by atoms with E-state index in [1.54, 1.807) is 35.4 Å². The summed E-state index contributed by atoms with van der Waals surface area (Å²) in [4.78, 5) is 50.1. The van der Waals surface area contributed by atoms with Gasteiger partial charge < -0.3 is 24.6 Å². The van der Waals surface area contributed by atoms with Crippen LogP contribution in [0, 0.1) is 11.5 Å². The number of rotatable bonds is 6. The van der Waals surface area contributed by atoms with Crippen molar-refractivity contribution in [1.29, 1.82) is 5.26 Å². The number of furan rings is 1. The van der Waals surface area contributed by atoms with Crippen molar-refractivity contribution in [3.05, 3.63) is 63.0 Å². The van der Waals surface area contributed by atoms with Gasteiger partial charge in [0.05, 0.1) is 22.2 Å². The molecule has 3 N–H and O–H groups in total. The van der Waals surface area contributed by atoms with E-state index in [2.05, 4.69) is 20.6 Å². The molecule has 0 saturated carbocycles. The molecular formula is C27H25Cl2N7O5. The van der Waals surface area contributed by atoms with Crippen molar-refractivity contribution in [1.82, 2.24) is 25.4 Å². The summed E-state index contributed by atoms with van der Waals surface area (Å²) < 4.78 is 5.62. The summed E-state index contributed by atoms with van der Waals surface area (Å²) in [6.45, 7) is 1.58. The lowest BCUT2D eigenvalue weighted by Crippen LogP contribution is -2.45. The monoisotopic (exact) mass is 597 g/mol. The number of nitriles is 1.